The summed E-state index contributed by atoms with van der Waals surface area (Å²) < 4.78 is 7.18. The maximum Gasteiger partial charge on any atom is 0.164 e. The third-order valence-electron chi connectivity index (χ3n) is 12.0. The highest BCUT2D eigenvalue weighted by Gasteiger charge is 2.37. The first-order chi connectivity index (χ1) is 29.5. The van der Waals surface area contributed by atoms with Crippen LogP contribution in [0.2, 0.25) is 0 Å². The molecule has 4 nitrogen and oxygen atoms in total. The number of benzene rings is 8. The molecule has 9 aromatic rings. The van der Waals surface area contributed by atoms with Crippen molar-refractivity contribution in [2.75, 3.05) is 0 Å². The first kappa shape index (κ1) is 35.5. The lowest BCUT2D eigenvalue weighted by molar-refractivity contribution is 0.484. The summed E-state index contributed by atoms with van der Waals surface area (Å²) in [5.74, 6) is 3.43. The minimum atomic E-state index is -0.208. The van der Waals surface area contributed by atoms with Gasteiger partial charge in [-0.25, -0.2) is 15.0 Å². The van der Waals surface area contributed by atoms with Gasteiger partial charge in [0.25, 0.3) is 0 Å². The standard InChI is InChI=1S/C56H39N3O/c1-56(2)49-26-13-11-24-44(49)47-34-48-46-33-42(31-30-38(46)29-28-37-18-9-10-23-43(37)45-25-12-14-27-51(45)60-52(48)35-50(47)56)55-58-53(39-19-7-4-8-20-39)57-54(59-55)41-22-15-21-40(32-41)36-16-5-3-6-17-36/h3-35H,1-2H3/b29-28-. The van der Waals surface area contributed by atoms with Crippen LogP contribution >= 0.6 is 0 Å². The smallest absolute Gasteiger partial charge is 0.164 e. The Hall–Kier alpha value is -7.69. The largest absolute Gasteiger partial charge is 0.456 e. The van der Waals surface area contributed by atoms with Crippen molar-refractivity contribution in [1.82, 2.24) is 15.0 Å². The van der Waals surface area contributed by atoms with Crippen molar-refractivity contribution in [1.29, 1.82) is 0 Å². The number of hydrogen-bond donors (Lipinski definition) is 0. The second-order valence-electron chi connectivity index (χ2n) is 16.0. The second-order valence-corrected chi connectivity index (χ2v) is 16.0. The lowest BCUT2D eigenvalue weighted by atomic mass is 9.81. The number of hydrogen-bond acceptors (Lipinski definition) is 4. The highest BCUT2D eigenvalue weighted by molar-refractivity contribution is 5.93. The summed E-state index contributed by atoms with van der Waals surface area (Å²) in [5, 5.41) is 0. The summed E-state index contributed by atoms with van der Waals surface area (Å²) in [4.78, 5) is 15.5. The average Bonchev–Trinajstić information content (AvgIpc) is 3.52. The average molecular weight is 770 g/mol. The molecule has 0 atom stereocenters. The zero-order valence-corrected chi connectivity index (χ0v) is 33.3. The van der Waals surface area contributed by atoms with Crippen LogP contribution in [0.3, 0.4) is 0 Å². The Morgan fingerprint density at radius 1 is 0.333 bits per heavy atom. The van der Waals surface area contributed by atoms with E-state index in [9.17, 15) is 0 Å². The lowest BCUT2D eigenvalue weighted by Crippen LogP contribution is -2.15. The highest BCUT2D eigenvalue weighted by atomic mass is 16.5. The molecule has 1 aliphatic heterocycles. The van der Waals surface area contributed by atoms with E-state index in [-0.39, 0.29) is 5.41 Å². The minimum absolute atomic E-state index is 0.208. The Morgan fingerprint density at radius 2 is 0.900 bits per heavy atom. The van der Waals surface area contributed by atoms with Crippen molar-refractivity contribution >= 4 is 12.2 Å². The van der Waals surface area contributed by atoms with Gasteiger partial charge in [0.1, 0.15) is 11.5 Å². The van der Waals surface area contributed by atoms with E-state index >= 15 is 0 Å². The van der Waals surface area contributed by atoms with Crippen molar-refractivity contribution < 1.29 is 4.74 Å². The van der Waals surface area contributed by atoms with Gasteiger partial charge >= 0.3 is 0 Å². The Labute approximate surface area is 350 Å². The van der Waals surface area contributed by atoms with Gasteiger partial charge in [0.15, 0.2) is 17.5 Å². The zero-order valence-electron chi connectivity index (χ0n) is 33.3. The highest BCUT2D eigenvalue weighted by Crippen LogP contribution is 2.53. The molecule has 1 aromatic heterocycles. The minimum Gasteiger partial charge on any atom is -0.456 e. The van der Waals surface area contributed by atoms with Crippen LogP contribution in [0.4, 0.5) is 0 Å². The Balaban J connectivity index is 1.15. The third kappa shape index (κ3) is 6.13. The van der Waals surface area contributed by atoms with Crippen LogP contribution < -0.4 is 4.74 Å². The zero-order chi connectivity index (χ0) is 40.2. The molecule has 8 aromatic carbocycles. The van der Waals surface area contributed by atoms with E-state index in [0.717, 1.165) is 72.7 Å². The van der Waals surface area contributed by atoms with E-state index in [1.807, 2.05) is 42.5 Å². The van der Waals surface area contributed by atoms with Crippen molar-refractivity contribution in [2.45, 2.75) is 19.3 Å². The first-order valence-corrected chi connectivity index (χ1v) is 20.4. The van der Waals surface area contributed by atoms with Gasteiger partial charge < -0.3 is 4.74 Å². The number of rotatable bonds is 4. The van der Waals surface area contributed by atoms with E-state index in [1.54, 1.807) is 0 Å². The molecule has 0 N–H and O–H groups in total. The van der Waals surface area contributed by atoms with Gasteiger partial charge in [-0.1, -0.05) is 184 Å². The SMILES string of the molecule is CC1(C)c2ccccc2-c2cc3c(cc21)Oc1ccccc1-c1ccccc1/C=C\c1ccc(-c2nc(-c4ccccc4)nc(-c4cccc(-c5ccccc5)c4)n2)cc1-3. The van der Waals surface area contributed by atoms with Crippen LogP contribution in [0.1, 0.15) is 36.1 Å². The lowest BCUT2D eigenvalue weighted by Gasteiger charge is -2.23. The quantitative estimate of drug-likeness (QED) is 0.179. The summed E-state index contributed by atoms with van der Waals surface area (Å²) >= 11 is 0. The molecular weight excluding hydrogens is 731 g/mol. The van der Waals surface area contributed by atoms with Crippen LogP contribution in [0.25, 0.3) is 90.8 Å². The van der Waals surface area contributed by atoms with Crippen LogP contribution in [0.15, 0.2) is 188 Å². The molecule has 284 valence electrons. The Morgan fingerprint density at radius 3 is 1.67 bits per heavy atom. The first-order valence-electron chi connectivity index (χ1n) is 20.4. The van der Waals surface area contributed by atoms with Gasteiger partial charge in [0, 0.05) is 33.2 Å². The molecule has 0 amide bonds. The van der Waals surface area contributed by atoms with Crippen molar-refractivity contribution in [3.8, 4) is 90.2 Å². The normalized spacial score (nSPS) is 13.6. The number of aromatic nitrogens is 3. The molecule has 4 heteroatoms. The van der Waals surface area contributed by atoms with E-state index in [1.165, 1.54) is 22.3 Å². The molecule has 0 unspecified atom stereocenters. The monoisotopic (exact) mass is 769 g/mol. The fraction of sp³-hybridized carbons (Fsp3) is 0.0536. The molecule has 1 aliphatic carbocycles. The molecule has 0 fully saturated rings. The van der Waals surface area contributed by atoms with Crippen LogP contribution in [-0.4, -0.2) is 15.0 Å². The van der Waals surface area contributed by atoms with Gasteiger partial charge in [-0.2, -0.15) is 0 Å². The van der Waals surface area contributed by atoms with E-state index < -0.39 is 0 Å². The van der Waals surface area contributed by atoms with Crippen molar-refractivity contribution in [3.63, 3.8) is 0 Å². The maximum absolute atomic E-state index is 7.18. The topological polar surface area (TPSA) is 47.9 Å². The van der Waals surface area contributed by atoms with Gasteiger partial charge in [0.2, 0.25) is 0 Å². The fourth-order valence-electron chi connectivity index (χ4n) is 8.88. The molecule has 0 saturated carbocycles. The van der Waals surface area contributed by atoms with E-state index in [2.05, 4.69) is 172 Å². The summed E-state index contributed by atoms with van der Waals surface area (Å²) in [6.45, 7) is 4.62. The molecule has 0 bridgehead atoms. The van der Waals surface area contributed by atoms with Crippen molar-refractivity contribution in [3.05, 3.63) is 210 Å². The Bertz CT molecular complexity index is 3150. The number of para-hydroxylation sites is 1. The molecule has 11 rings (SSSR count). The second kappa shape index (κ2) is 14.3. The van der Waals surface area contributed by atoms with Gasteiger partial charge in [-0.3, -0.25) is 0 Å². The molecule has 0 spiro atoms. The van der Waals surface area contributed by atoms with Gasteiger partial charge in [0.05, 0.1) is 0 Å². The van der Waals surface area contributed by atoms with Crippen molar-refractivity contribution in [2.24, 2.45) is 0 Å². The predicted molar refractivity (Wildman–Crippen MR) is 245 cm³/mol. The molecule has 2 heterocycles. The third-order valence-corrected chi connectivity index (χ3v) is 12.0. The van der Waals surface area contributed by atoms with Crippen LogP contribution in [0, 0.1) is 0 Å². The summed E-state index contributed by atoms with van der Waals surface area (Å²) in [6, 6.07) is 65.8. The fourth-order valence-corrected chi connectivity index (χ4v) is 8.88. The van der Waals surface area contributed by atoms with Crippen LogP contribution in [-0.2, 0) is 5.41 Å². The summed E-state index contributed by atoms with van der Waals surface area (Å²) in [7, 11) is 0. The maximum atomic E-state index is 7.18. The molecule has 2 aliphatic rings. The summed E-state index contributed by atoms with van der Waals surface area (Å²) in [5.41, 5.74) is 16.1. The molecule has 0 saturated heterocycles. The predicted octanol–water partition coefficient (Wildman–Crippen LogP) is 14.5. The number of nitrogens with zero attached hydrogens (tertiary/aromatic N) is 3. The summed E-state index contributed by atoms with van der Waals surface area (Å²) in [6.07, 6.45) is 4.44. The Kier molecular flexibility index (Phi) is 8.45. The molecular formula is C56H39N3O. The van der Waals surface area contributed by atoms with Crippen LogP contribution in [0.5, 0.6) is 11.5 Å². The van der Waals surface area contributed by atoms with Gasteiger partial charge in [-0.15, -0.1) is 0 Å². The van der Waals surface area contributed by atoms with E-state index in [4.69, 9.17) is 19.7 Å². The molecule has 60 heavy (non-hydrogen) atoms. The number of ether oxygens (including phenoxy) is 1. The van der Waals surface area contributed by atoms with Gasteiger partial charge in [-0.05, 0) is 86.0 Å². The number of fused-ring (bicyclic) bond motifs is 9. The van der Waals surface area contributed by atoms with E-state index in [0.29, 0.717) is 17.5 Å². The molecule has 0 radical (unpaired) electrons.